The molecule has 1 fully saturated rings. The number of benzene rings is 2. The van der Waals surface area contributed by atoms with Crippen LogP contribution in [0.4, 0.5) is 13.2 Å². The lowest BCUT2D eigenvalue weighted by Crippen LogP contribution is -2.58. The summed E-state index contributed by atoms with van der Waals surface area (Å²) in [6.45, 7) is 1.89. The molecule has 166 valence electrons. The smallest absolute Gasteiger partial charge is 0.380 e. The highest BCUT2D eigenvalue weighted by atomic mass is 19.4. The SMILES string of the molecule is CO[C@@H](C)C12c3ccccc3C(c3ccccc31)[C@@H]1/C(=C\C(=O)C(F)(F)F)N(C)C(=O)[C@@H]12. The van der Waals surface area contributed by atoms with E-state index in [1.807, 2.05) is 55.5 Å². The van der Waals surface area contributed by atoms with E-state index in [-0.39, 0.29) is 17.5 Å². The Morgan fingerprint density at radius 2 is 1.62 bits per heavy atom. The highest BCUT2D eigenvalue weighted by Gasteiger charge is 2.68. The zero-order chi connectivity index (χ0) is 23.0. The number of carbonyl (C=O) groups is 2. The molecule has 7 heteroatoms. The number of nitrogens with zero attached hydrogens (tertiary/aromatic N) is 1. The van der Waals surface area contributed by atoms with Crippen LogP contribution in [0.5, 0.6) is 0 Å². The molecule has 4 nitrogen and oxygen atoms in total. The van der Waals surface area contributed by atoms with Crippen LogP contribution in [0.2, 0.25) is 0 Å². The molecular formula is C25H22F3NO3. The summed E-state index contributed by atoms with van der Waals surface area (Å²) in [7, 11) is 3.03. The summed E-state index contributed by atoms with van der Waals surface area (Å²) in [5.74, 6) is -3.86. The number of ether oxygens (including phenoxy) is 1. The quantitative estimate of drug-likeness (QED) is 0.672. The van der Waals surface area contributed by atoms with Gasteiger partial charge in [0.25, 0.3) is 5.78 Å². The molecule has 1 amide bonds. The minimum absolute atomic E-state index is 0.115. The monoisotopic (exact) mass is 441 g/mol. The highest BCUT2D eigenvalue weighted by Crippen LogP contribution is 2.67. The Labute approximate surface area is 183 Å². The maximum absolute atomic E-state index is 13.7. The van der Waals surface area contributed by atoms with Crippen molar-refractivity contribution in [3.8, 4) is 0 Å². The van der Waals surface area contributed by atoms with Gasteiger partial charge in [-0.15, -0.1) is 0 Å². The molecule has 1 aliphatic heterocycles. The van der Waals surface area contributed by atoms with Gasteiger partial charge in [-0.05, 0) is 29.2 Å². The molecule has 0 N–H and O–H groups in total. The minimum Gasteiger partial charge on any atom is -0.380 e. The molecular weight excluding hydrogens is 419 g/mol. The Bertz CT molecular complexity index is 1120. The fourth-order valence-electron chi connectivity index (χ4n) is 6.34. The molecule has 2 aromatic carbocycles. The van der Waals surface area contributed by atoms with E-state index in [4.69, 9.17) is 4.74 Å². The number of alkyl halides is 3. The van der Waals surface area contributed by atoms with Crippen LogP contribution in [-0.4, -0.2) is 43.0 Å². The third kappa shape index (κ3) is 2.43. The van der Waals surface area contributed by atoms with Crippen molar-refractivity contribution in [3.63, 3.8) is 0 Å². The van der Waals surface area contributed by atoms with E-state index in [1.165, 1.54) is 11.9 Å². The average Bonchev–Trinajstić information content (AvgIpc) is 3.03. The van der Waals surface area contributed by atoms with Crippen molar-refractivity contribution in [1.82, 2.24) is 4.90 Å². The molecule has 2 aromatic rings. The van der Waals surface area contributed by atoms with Gasteiger partial charge in [0.05, 0.1) is 17.4 Å². The van der Waals surface area contributed by atoms with Crippen LogP contribution < -0.4 is 0 Å². The molecule has 1 heterocycles. The summed E-state index contributed by atoms with van der Waals surface area (Å²) in [4.78, 5) is 26.8. The van der Waals surface area contributed by atoms with Crippen molar-refractivity contribution in [1.29, 1.82) is 0 Å². The number of ketones is 1. The summed E-state index contributed by atoms with van der Waals surface area (Å²) in [5, 5.41) is 0. The normalized spacial score (nSPS) is 30.2. The molecule has 2 bridgehead atoms. The number of hydrogen-bond acceptors (Lipinski definition) is 3. The maximum Gasteiger partial charge on any atom is 0.454 e. The molecule has 0 aromatic heterocycles. The minimum atomic E-state index is -5.00. The van der Waals surface area contributed by atoms with Crippen molar-refractivity contribution in [3.05, 3.63) is 82.6 Å². The van der Waals surface area contributed by atoms with E-state index in [9.17, 15) is 22.8 Å². The van der Waals surface area contributed by atoms with Crippen molar-refractivity contribution >= 4 is 11.7 Å². The van der Waals surface area contributed by atoms with Crippen LogP contribution in [0.25, 0.3) is 0 Å². The van der Waals surface area contributed by atoms with E-state index in [2.05, 4.69) is 0 Å². The first-order valence-corrected chi connectivity index (χ1v) is 10.5. The standard InChI is InChI=1S/C25H22F3NO3/c1-13(32-3)24-16-10-6-4-8-14(16)20(15-9-5-7-11-17(15)24)21-18(12-19(30)25(26,27)28)29(2)23(31)22(21)24/h4-13,20-22H,1-3H3/b18-12+/t13-,20?,21-,22+,24?/m0/s1. The number of allylic oxidation sites excluding steroid dienone is 2. The van der Waals surface area contributed by atoms with Gasteiger partial charge in [0.1, 0.15) is 0 Å². The largest absolute Gasteiger partial charge is 0.454 e. The molecule has 0 saturated carbocycles. The second kappa shape index (κ2) is 6.78. The molecule has 32 heavy (non-hydrogen) atoms. The van der Waals surface area contributed by atoms with Gasteiger partial charge in [-0.2, -0.15) is 13.2 Å². The first kappa shape index (κ1) is 20.9. The molecule has 4 aliphatic rings. The first-order valence-electron chi connectivity index (χ1n) is 10.5. The van der Waals surface area contributed by atoms with Gasteiger partial charge in [-0.1, -0.05) is 48.5 Å². The molecule has 0 unspecified atom stereocenters. The van der Waals surface area contributed by atoms with Gasteiger partial charge in [0.2, 0.25) is 5.91 Å². The Balaban J connectivity index is 1.86. The van der Waals surface area contributed by atoms with Gasteiger partial charge in [0, 0.05) is 37.8 Å². The topological polar surface area (TPSA) is 46.6 Å². The Kier molecular flexibility index (Phi) is 4.44. The van der Waals surface area contributed by atoms with E-state index in [0.717, 1.165) is 22.3 Å². The van der Waals surface area contributed by atoms with Gasteiger partial charge < -0.3 is 9.64 Å². The average molecular weight is 441 g/mol. The second-order valence-electron chi connectivity index (χ2n) is 8.73. The summed E-state index contributed by atoms with van der Waals surface area (Å²) in [5.41, 5.74) is 3.08. The van der Waals surface area contributed by atoms with Crippen LogP contribution >= 0.6 is 0 Å². The van der Waals surface area contributed by atoms with Crippen LogP contribution in [0.3, 0.4) is 0 Å². The summed E-state index contributed by atoms with van der Waals surface area (Å²) in [6, 6.07) is 15.5. The predicted molar refractivity (Wildman–Crippen MR) is 111 cm³/mol. The number of rotatable bonds is 3. The van der Waals surface area contributed by atoms with Gasteiger partial charge in [-0.3, -0.25) is 9.59 Å². The number of likely N-dealkylation sites (tertiary alicyclic amines) is 1. The van der Waals surface area contributed by atoms with Crippen molar-refractivity contribution < 1.29 is 27.5 Å². The summed E-state index contributed by atoms with van der Waals surface area (Å²) in [6.07, 6.45) is -4.83. The number of methoxy groups -OCH3 is 1. The van der Waals surface area contributed by atoms with Crippen molar-refractivity contribution in [2.24, 2.45) is 11.8 Å². The zero-order valence-corrected chi connectivity index (χ0v) is 17.8. The lowest BCUT2D eigenvalue weighted by molar-refractivity contribution is -0.165. The van der Waals surface area contributed by atoms with Gasteiger partial charge >= 0.3 is 6.18 Å². The fourth-order valence-corrected chi connectivity index (χ4v) is 6.34. The van der Waals surface area contributed by atoms with Crippen LogP contribution in [0.15, 0.2) is 60.3 Å². The Morgan fingerprint density at radius 3 is 2.12 bits per heavy atom. The van der Waals surface area contributed by atoms with Crippen molar-refractivity contribution in [2.45, 2.75) is 30.5 Å². The van der Waals surface area contributed by atoms with E-state index in [1.54, 1.807) is 7.11 Å². The zero-order valence-electron chi connectivity index (χ0n) is 17.8. The van der Waals surface area contributed by atoms with E-state index < -0.39 is 35.3 Å². The molecule has 1 saturated heterocycles. The number of carbonyl (C=O) groups excluding carboxylic acids is 2. The van der Waals surface area contributed by atoms with Crippen LogP contribution in [-0.2, 0) is 19.7 Å². The summed E-state index contributed by atoms with van der Waals surface area (Å²) >= 11 is 0. The lowest BCUT2D eigenvalue weighted by atomic mass is 9.45. The molecule has 0 radical (unpaired) electrons. The molecule has 3 atom stereocenters. The highest BCUT2D eigenvalue weighted by molar-refractivity contribution is 5.98. The van der Waals surface area contributed by atoms with Gasteiger partial charge in [-0.25, -0.2) is 0 Å². The Morgan fingerprint density at radius 1 is 1.09 bits per heavy atom. The number of hydrogen-bond donors (Lipinski definition) is 0. The second-order valence-corrected chi connectivity index (χ2v) is 8.73. The first-order chi connectivity index (χ1) is 15.2. The van der Waals surface area contributed by atoms with Crippen LogP contribution in [0.1, 0.15) is 35.1 Å². The third-order valence-electron chi connectivity index (χ3n) is 7.57. The van der Waals surface area contributed by atoms with E-state index >= 15 is 0 Å². The maximum atomic E-state index is 13.7. The number of amides is 1. The van der Waals surface area contributed by atoms with Crippen molar-refractivity contribution in [2.75, 3.05) is 14.2 Å². The predicted octanol–water partition coefficient (Wildman–Crippen LogP) is 4.19. The summed E-state index contributed by atoms with van der Waals surface area (Å²) < 4.78 is 45.3. The molecule has 0 spiro atoms. The Hall–Kier alpha value is -2.93. The number of halogens is 3. The lowest BCUT2D eigenvalue weighted by Gasteiger charge is -2.57. The van der Waals surface area contributed by atoms with E-state index in [0.29, 0.717) is 6.08 Å². The molecule has 6 rings (SSSR count). The molecule has 3 aliphatic carbocycles. The fraction of sp³-hybridized carbons (Fsp3) is 0.360. The van der Waals surface area contributed by atoms with Crippen LogP contribution in [0, 0.1) is 11.8 Å². The third-order valence-corrected chi connectivity index (χ3v) is 7.57. The van der Waals surface area contributed by atoms with Gasteiger partial charge in [0.15, 0.2) is 0 Å².